The van der Waals surface area contributed by atoms with E-state index in [1.807, 2.05) is 32.1 Å². The van der Waals surface area contributed by atoms with Crippen LogP contribution in [0.5, 0.6) is 0 Å². The van der Waals surface area contributed by atoms with Gasteiger partial charge in [0.1, 0.15) is 0 Å². The van der Waals surface area contributed by atoms with E-state index in [4.69, 9.17) is 4.74 Å². The number of hydrogen-bond donors (Lipinski definition) is 0. The highest BCUT2D eigenvalue weighted by molar-refractivity contribution is 14.1. The van der Waals surface area contributed by atoms with Gasteiger partial charge in [-0.2, -0.15) is 0 Å². The molecular formula is C19H19IN2O3S. The van der Waals surface area contributed by atoms with Gasteiger partial charge in [-0.3, -0.25) is 14.5 Å². The molecule has 0 bridgehead atoms. The quantitative estimate of drug-likeness (QED) is 0.469. The summed E-state index contributed by atoms with van der Waals surface area (Å²) in [6.45, 7) is 4.68. The summed E-state index contributed by atoms with van der Waals surface area (Å²) in [4.78, 5) is 26.3. The molecule has 3 rings (SSSR count). The SMILES string of the molecule is COCCN1C(=O)S/C(=C/c2cc(C)n(-c3cccc(I)c3)c2C)C1=O. The number of carbonyl (C=O) groups excluding carboxylic acids is 2. The van der Waals surface area contributed by atoms with Crippen molar-refractivity contribution in [3.8, 4) is 5.69 Å². The van der Waals surface area contributed by atoms with Crippen molar-refractivity contribution in [1.82, 2.24) is 9.47 Å². The largest absolute Gasteiger partial charge is 0.383 e. The molecule has 0 atom stereocenters. The Bertz CT molecular complexity index is 904. The third-order valence-electron chi connectivity index (χ3n) is 4.22. The topological polar surface area (TPSA) is 51.5 Å². The average Bonchev–Trinajstić information content (AvgIpc) is 3.02. The number of ether oxygens (including phenoxy) is 1. The van der Waals surface area contributed by atoms with E-state index in [1.165, 1.54) is 4.90 Å². The van der Waals surface area contributed by atoms with Gasteiger partial charge in [0.15, 0.2) is 0 Å². The molecule has 0 unspecified atom stereocenters. The van der Waals surface area contributed by atoms with Crippen LogP contribution in [-0.2, 0) is 9.53 Å². The molecule has 2 heterocycles. The Morgan fingerprint density at radius 3 is 2.69 bits per heavy atom. The highest BCUT2D eigenvalue weighted by Gasteiger charge is 2.34. The van der Waals surface area contributed by atoms with E-state index >= 15 is 0 Å². The van der Waals surface area contributed by atoms with Crippen LogP contribution in [0.2, 0.25) is 0 Å². The first-order valence-corrected chi connectivity index (χ1v) is 10.0. The first-order chi connectivity index (χ1) is 12.4. The van der Waals surface area contributed by atoms with Crippen LogP contribution in [0, 0.1) is 17.4 Å². The predicted octanol–water partition coefficient (Wildman–Crippen LogP) is 4.38. The lowest BCUT2D eigenvalue weighted by atomic mass is 10.2. The number of aromatic nitrogens is 1. The maximum atomic E-state index is 12.5. The molecular weight excluding hydrogens is 463 g/mol. The van der Waals surface area contributed by atoms with Crippen LogP contribution in [0.25, 0.3) is 11.8 Å². The number of rotatable bonds is 5. The van der Waals surface area contributed by atoms with Crippen LogP contribution in [0.4, 0.5) is 4.79 Å². The maximum absolute atomic E-state index is 12.5. The van der Waals surface area contributed by atoms with Gasteiger partial charge in [0.05, 0.1) is 18.1 Å². The molecule has 0 aliphatic carbocycles. The zero-order valence-corrected chi connectivity index (χ0v) is 17.8. The lowest BCUT2D eigenvalue weighted by Gasteiger charge is -2.11. The molecule has 1 saturated heterocycles. The highest BCUT2D eigenvalue weighted by Crippen LogP contribution is 2.33. The average molecular weight is 482 g/mol. The van der Waals surface area contributed by atoms with Gasteiger partial charge in [0.2, 0.25) is 0 Å². The first kappa shape index (κ1) is 19.2. The van der Waals surface area contributed by atoms with Crippen molar-refractivity contribution < 1.29 is 14.3 Å². The van der Waals surface area contributed by atoms with Gasteiger partial charge < -0.3 is 9.30 Å². The molecule has 1 aliphatic heterocycles. The number of methoxy groups -OCH3 is 1. The number of halogens is 1. The molecule has 1 aromatic heterocycles. The summed E-state index contributed by atoms with van der Waals surface area (Å²) in [5, 5.41) is -0.246. The summed E-state index contributed by atoms with van der Waals surface area (Å²) >= 11 is 3.28. The summed E-state index contributed by atoms with van der Waals surface area (Å²) in [6, 6.07) is 10.3. The van der Waals surface area contributed by atoms with Crippen LogP contribution in [0.15, 0.2) is 35.2 Å². The van der Waals surface area contributed by atoms with Crippen molar-refractivity contribution in [1.29, 1.82) is 0 Å². The molecule has 5 nitrogen and oxygen atoms in total. The summed E-state index contributed by atoms with van der Waals surface area (Å²) < 4.78 is 8.29. The van der Waals surface area contributed by atoms with Crippen molar-refractivity contribution in [3.05, 3.63) is 55.8 Å². The Hall–Kier alpha value is -1.58. The van der Waals surface area contributed by atoms with E-state index in [1.54, 1.807) is 7.11 Å². The fraction of sp³-hybridized carbons (Fsp3) is 0.263. The number of imide groups is 1. The number of carbonyl (C=O) groups is 2. The van der Waals surface area contributed by atoms with Crippen molar-refractivity contribution >= 4 is 51.6 Å². The molecule has 0 saturated carbocycles. The fourth-order valence-corrected chi connectivity index (χ4v) is 4.35. The Balaban J connectivity index is 1.94. The van der Waals surface area contributed by atoms with Crippen LogP contribution in [0.3, 0.4) is 0 Å². The van der Waals surface area contributed by atoms with Crippen molar-refractivity contribution in [2.45, 2.75) is 13.8 Å². The van der Waals surface area contributed by atoms with Crippen LogP contribution in [0.1, 0.15) is 17.0 Å². The molecule has 0 N–H and O–H groups in total. The third-order valence-corrected chi connectivity index (χ3v) is 5.79. The summed E-state index contributed by atoms with van der Waals surface area (Å²) in [5.41, 5.74) is 4.14. The summed E-state index contributed by atoms with van der Waals surface area (Å²) in [6.07, 6.45) is 1.81. The van der Waals surface area contributed by atoms with Gasteiger partial charge in [0.25, 0.3) is 11.1 Å². The molecule has 1 aliphatic rings. The predicted molar refractivity (Wildman–Crippen MR) is 113 cm³/mol. The molecule has 1 aromatic carbocycles. The van der Waals surface area contributed by atoms with E-state index in [2.05, 4.69) is 45.4 Å². The van der Waals surface area contributed by atoms with Crippen LogP contribution in [-0.4, -0.2) is 40.9 Å². The molecule has 1 fully saturated rings. The zero-order chi connectivity index (χ0) is 18.8. The lowest BCUT2D eigenvalue weighted by molar-refractivity contribution is -0.123. The monoisotopic (exact) mass is 482 g/mol. The van der Waals surface area contributed by atoms with Crippen LogP contribution < -0.4 is 0 Å². The fourth-order valence-electron chi connectivity index (χ4n) is 2.96. The molecule has 0 spiro atoms. The van der Waals surface area contributed by atoms with Crippen molar-refractivity contribution in [2.75, 3.05) is 20.3 Å². The van der Waals surface area contributed by atoms with Gasteiger partial charge in [0, 0.05) is 27.8 Å². The summed E-state index contributed by atoms with van der Waals surface area (Å²) in [5.74, 6) is -0.254. The second kappa shape index (κ2) is 7.98. The van der Waals surface area contributed by atoms with E-state index in [-0.39, 0.29) is 17.7 Å². The smallest absolute Gasteiger partial charge is 0.293 e. The standard InChI is InChI=1S/C19H19IN2O3S/c1-12-9-14(13(2)22(12)16-6-4-5-15(20)11-16)10-17-18(23)21(7-8-25-3)19(24)26-17/h4-6,9-11H,7-8H2,1-3H3/b17-10+. The third kappa shape index (κ3) is 3.74. The highest BCUT2D eigenvalue weighted by atomic mass is 127. The number of benzene rings is 1. The molecule has 2 aromatic rings. The molecule has 136 valence electrons. The van der Waals surface area contributed by atoms with Gasteiger partial charge in [-0.15, -0.1) is 0 Å². The number of nitrogens with zero attached hydrogens (tertiary/aromatic N) is 2. The van der Waals surface area contributed by atoms with E-state index in [9.17, 15) is 9.59 Å². The van der Waals surface area contributed by atoms with Crippen molar-refractivity contribution in [2.24, 2.45) is 0 Å². The number of aryl methyl sites for hydroxylation is 1. The number of amides is 2. The van der Waals surface area contributed by atoms with E-state index < -0.39 is 0 Å². The Labute approximate surface area is 170 Å². The molecule has 0 radical (unpaired) electrons. The van der Waals surface area contributed by atoms with Crippen molar-refractivity contribution in [3.63, 3.8) is 0 Å². The van der Waals surface area contributed by atoms with Gasteiger partial charge in [-0.1, -0.05) is 6.07 Å². The minimum absolute atomic E-state index is 0.246. The second-order valence-electron chi connectivity index (χ2n) is 5.97. The zero-order valence-electron chi connectivity index (χ0n) is 14.8. The number of hydrogen-bond acceptors (Lipinski definition) is 4. The first-order valence-electron chi connectivity index (χ1n) is 8.11. The minimum Gasteiger partial charge on any atom is -0.383 e. The minimum atomic E-state index is -0.254. The molecule has 7 heteroatoms. The Morgan fingerprint density at radius 2 is 2.00 bits per heavy atom. The second-order valence-corrected chi connectivity index (χ2v) is 8.21. The summed E-state index contributed by atoms with van der Waals surface area (Å²) in [7, 11) is 1.55. The molecule has 26 heavy (non-hydrogen) atoms. The van der Waals surface area contributed by atoms with E-state index in [0.29, 0.717) is 11.5 Å². The Kier molecular flexibility index (Phi) is 5.89. The maximum Gasteiger partial charge on any atom is 0.293 e. The Morgan fingerprint density at radius 1 is 1.23 bits per heavy atom. The van der Waals surface area contributed by atoms with E-state index in [0.717, 1.165) is 38.0 Å². The van der Waals surface area contributed by atoms with Gasteiger partial charge >= 0.3 is 0 Å². The van der Waals surface area contributed by atoms with Gasteiger partial charge in [-0.05, 0) is 84.1 Å². The van der Waals surface area contributed by atoms with Gasteiger partial charge in [-0.25, -0.2) is 0 Å². The number of thioether (sulfide) groups is 1. The lowest BCUT2D eigenvalue weighted by Crippen LogP contribution is -2.31. The van der Waals surface area contributed by atoms with Crippen LogP contribution >= 0.6 is 34.4 Å². The molecule has 2 amide bonds. The normalized spacial score (nSPS) is 16.2.